The van der Waals surface area contributed by atoms with E-state index < -0.39 is 0 Å². The Hall–Kier alpha value is -3.41. The van der Waals surface area contributed by atoms with Crippen LogP contribution in [-0.4, -0.2) is 23.2 Å². The average molecular weight is 362 g/mol. The smallest absolute Gasteiger partial charge is 0.230 e. The molecule has 0 radical (unpaired) electrons. The van der Waals surface area contributed by atoms with E-state index >= 15 is 0 Å². The Balaban J connectivity index is 1.52. The Kier molecular flexibility index (Phi) is 5.99. The van der Waals surface area contributed by atoms with Gasteiger partial charge in [-0.3, -0.25) is 4.79 Å². The van der Waals surface area contributed by atoms with Gasteiger partial charge in [0.05, 0.1) is 13.5 Å². The number of aromatic nitrogens is 2. The SMILES string of the molecule is COc1ccc(CNc2ccc(NC(=O)Cc3ccccc3C)nn2)cc1. The van der Waals surface area contributed by atoms with Gasteiger partial charge in [-0.05, 0) is 47.9 Å². The average Bonchev–Trinajstić information content (AvgIpc) is 2.69. The number of benzene rings is 2. The molecule has 138 valence electrons. The number of carbonyl (C=O) groups is 1. The molecule has 3 aromatic rings. The van der Waals surface area contributed by atoms with Crippen molar-refractivity contribution in [3.05, 3.63) is 77.4 Å². The van der Waals surface area contributed by atoms with Crippen LogP contribution in [-0.2, 0) is 17.8 Å². The molecule has 0 aliphatic carbocycles. The summed E-state index contributed by atoms with van der Waals surface area (Å²) in [7, 11) is 1.64. The lowest BCUT2D eigenvalue weighted by atomic mass is 10.1. The van der Waals surface area contributed by atoms with E-state index in [4.69, 9.17) is 4.74 Å². The fourth-order valence-corrected chi connectivity index (χ4v) is 2.60. The Bertz CT molecular complexity index is 893. The third-order valence-corrected chi connectivity index (χ3v) is 4.18. The van der Waals surface area contributed by atoms with Crippen molar-refractivity contribution in [1.29, 1.82) is 0 Å². The summed E-state index contributed by atoms with van der Waals surface area (Å²) in [6, 6.07) is 19.2. The number of aryl methyl sites for hydroxylation is 1. The Morgan fingerprint density at radius 2 is 1.67 bits per heavy atom. The highest BCUT2D eigenvalue weighted by molar-refractivity contribution is 5.91. The fraction of sp³-hybridized carbons (Fsp3) is 0.190. The van der Waals surface area contributed by atoms with Crippen LogP contribution in [0.4, 0.5) is 11.6 Å². The number of hydrogen-bond acceptors (Lipinski definition) is 5. The fourth-order valence-electron chi connectivity index (χ4n) is 2.60. The predicted octanol–water partition coefficient (Wildman–Crippen LogP) is 3.59. The number of amides is 1. The summed E-state index contributed by atoms with van der Waals surface area (Å²) in [4.78, 5) is 12.2. The van der Waals surface area contributed by atoms with Gasteiger partial charge < -0.3 is 15.4 Å². The van der Waals surface area contributed by atoms with Gasteiger partial charge in [-0.2, -0.15) is 0 Å². The molecule has 2 N–H and O–H groups in total. The normalized spacial score (nSPS) is 10.3. The first-order valence-corrected chi connectivity index (χ1v) is 8.69. The molecule has 6 heteroatoms. The molecule has 0 atom stereocenters. The van der Waals surface area contributed by atoms with Gasteiger partial charge >= 0.3 is 0 Å². The molecule has 1 aromatic heterocycles. The first-order valence-electron chi connectivity index (χ1n) is 8.69. The van der Waals surface area contributed by atoms with Gasteiger partial charge in [-0.15, -0.1) is 10.2 Å². The standard InChI is InChI=1S/C21H22N4O2/c1-15-5-3-4-6-17(15)13-21(26)23-20-12-11-19(24-25-20)22-14-16-7-9-18(27-2)10-8-16/h3-12H,13-14H2,1-2H3,(H,22,24)(H,23,25,26). The molecule has 0 aliphatic rings. The molecular weight excluding hydrogens is 340 g/mol. The molecule has 0 aliphatic heterocycles. The molecule has 1 heterocycles. The second-order valence-electron chi connectivity index (χ2n) is 6.16. The maximum absolute atomic E-state index is 12.2. The summed E-state index contributed by atoms with van der Waals surface area (Å²) in [5.41, 5.74) is 3.20. The Morgan fingerprint density at radius 3 is 2.33 bits per heavy atom. The summed E-state index contributed by atoms with van der Waals surface area (Å²) in [6.45, 7) is 2.61. The summed E-state index contributed by atoms with van der Waals surface area (Å²) < 4.78 is 5.14. The third-order valence-electron chi connectivity index (χ3n) is 4.18. The molecule has 27 heavy (non-hydrogen) atoms. The Labute approximate surface area is 158 Å². The van der Waals surface area contributed by atoms with E-state index in [0.29, 0.717) is 24.6 Å². The number of carbonyl (C=O) groups excluding carboxylic acids is 1. The second kappa shape index (κ2) is 8.80. The van der Waals surface area contributed by atoms with Crippen molar-refractivity contribution in [1.82, 2.24) is 10.2 Å². The van der Waals surface area contributed by atoms with Crippen LogP contribution in [0.25, 0.3) is 0 Å². The van der Waals surface area contributed by atoms with E-state index in [2.05, 4.69) is 20.8 Å². The quantitative estimate of drug-likeness (QED) is 0.672. The van der Waals surface area contributed by atoms with Crippen molar-refractivity contribution in [2.45, 2.75) is 19.9 Å². The Morgan fingerprint density at radius 1 is 0.963 bits per heavy atom. The van der Waals surface area contributed by atoms with Gasteiger partial charge in [0.1, 0.15) is 11.6 Å². The molecule has 3 rings (SSSR count). The van der Waals surface area contributed by atoms with E-state index in [0.717, 1.165) is 22.4 Å². The van der Waals surface area contributed by atoms with Crippen LogP contribution in [0.3, 0.4) is 0 Å². The maximum Gasteiger partial charge on any atom is 0.230 e. The number of ether oxygens (including phenoxy) is 1. The lowest BCUT2D eigenvalue weighted by Crippen LogP contribution is -2.16. The van der Waals surface area contributed by atoms with E-state index in [-0.39, 0.29) is 5.91 Å². The number of anilines is 2. The van der Waals surface area contributed by atoms with Crippen LogP contribution in [0.2, 0.25) is 0 Å². The molecule has 6 nitrogen and oxygen atoms in total. The highest BCUT2D eigenvalue weighted by atomic mass is 16.5. The van der Waals surface area contributed by atoms with Crippen molar-refractivity contribution in [2.75, 3.05) is 17.7 Å². The largest absolute Gasteiger partial charge is 0.497 e. The maximum atomic E-state index is 12.2. The van der Waals surface area contributed by atoms with E-state index in [1.807, 2.05) is 55.5 Å². The number of rotatable bonds is 7. The minimum Gasteiger partial charge on any atom is -0.497 e. The summed E-state index contributed by atoms with van der Waals surface area (Å²) >= 11 is 0. The molecule has 1 amide bonds. The highest BCUT2D eigenvalue weighted by Gasteiger charge is 2.07. The van der Waals surface area contributed by atoms with Crippen molar-refractivity contribution < 1.29 is 9.53 Å². The van der Waals surface area contributed by atoms with Crippen molar-refractivity contribution in [2.24, 2.45) is 0 Å². The first kappa shape index (κ1) is 18.4. The number of methoxy groups -OCH3 is 1. The highest BCUT2D eigenvalue weighted by Crippen LogP contribution is 2.13. The minimum absolute atomic E-state index is 0.113. The van der Waals surface area contributed by atoms with Gasteiger partial charge in [0.15, 0.2) is 5.82 Å². The van der Waals surface area contributed by atoms with Gasteiger partial charge in [-0.1, -0.05) is 36.4 Å². The first-order chi connectivity index (χ1) is 13.1. The summed E-state index contributed by atoms with van der Waals surface area (Å²) in [5, 5.41) is 14.1. The summed E-state index contributed by atoms with van der Waals surface area (Å²) in [6.07, 6.45) is 0.311. The predicted molar refractivity (Wildman–Crippen MR) is 106 cm³/mol. The van der Waals surface area contributed by atoms with Crippen LogP contribution in [0, 0.1) is 6.92 Å². The van der Waals surface area contributed by atoms with Gasteiger partial charge in [0.25, 0.3) is 0 Å². The third kappa shape index (κ3) is 5.28. The van der Waals surface area contributed by atoms with Crippen LogP contribution in [0.1, 0.15) is 16.7 Å². The number of hydrogen-bond donors (Lipinski definition) is 2. The lowest BCUT2D eigenvalue weighted by molar-refractivity contribution is -0.115. The minimum atomic E-state index is -0.113. The van der Waals surface area contributed by atoms with E-state index in [1.165, 1.54) is 0 Å². The molecule has 0 unspecified atom stereocenters. The number of nitrogens with zero attached hydrogens (tertiary/aromatic N) is 2. The van der Waals surface area contributed by atoms with Crippen LogP contribution in [0.5, 0.6) is 5.75 Å². The molecule has 0 spiro atoms. The molecular formula is C21H22N4O2. The van der Waals surface area contributed by atoms with Crippen LogP contribution < -0.4 is 15.4 Å². The second-order valence-corrected chi connectivity index (χ2v) is 6.16. The van der Waals surface area contributed by atoms with Crippen molar-refractivity contribution in [3.8, 4) is 5.75 Å². The van der Waals surface area contributed by atoms with Crippen molar-refractivity contribution in [3.63, 3.8) is 0 Å². The topological polar surface area (TPSA) is 76.1 Å². The van der Waals surface area contributed by atoms with Gasteiger partial charge in [-0.25, -0.2) is 0 Å². The van der Waals surface area contributed by atoms with E-state index in [1.54, 1.807) is 19.2 Å². The zero-order valence-corrected chi connectivity index (χ0v) is 15.4. The number of nitrogens with one attached hydrogen (secondary N) is 2. The summed E-state index contributed by atoms with van der Waals surface area (Å²) in [5.74, 6) is 1.79. The van der Waals surface area contributed by atoms with Crippen molar-refractivity contribution >= 4 is 17.5 Å². The van der Waals surface area contributed by atoms with Crippen LogP contribution in [0.15, 0.2) is 60.7 Å². The zero-order chi connectivity index (χ0) is 19.1. The molecule has 0 saturated heterocycles. The molecule has 0 fully saturated rings. The zero-order valence-electron chi connectivity index (χ0n) is 15.4. The van der Waals surface area contributed by atoms with Gasteiger partial charge in [0.2, 0.25) is 5.91 Å². The molecule has 2 aromatic carbocycles. The van der Waals surface area contributed by atoms with Crippen LogP contribution >= 0.6 is 0 Å². The molecule has 0 saturated carbocycles. The van der Waals surface area contributed by atoms with E-state index in [9.17, 15) is 4.79 Å². The van der Waals surface area contributed by atoms with Gasteiger partial charge in [0, 0.05) is 6.54 Å². The molecule has 0 bridgehead atoms. The lowest BCUT2D eigenvalue weighted by Gasteiger charge is -2.08. The monoisotopic (exact) mass is 362 g/mol.